The van der Waals surface area contributed by atoms with Gasteiger partial charge in [0.15, 0.2) is 0 Å². The average molecular weight is 757 g/mol. The number of nitrogens with one attached hydrogen (secondary N) is 3. The van der Waals surface area contributed by atoms with E-state index in [9.17, 15) is 22.8 Å². The maximum atomic E-state index is 12.8. The van der Waals surface area contributed by atoms with Crippen LogP contribution in [0.1, 0.15) is 20.7 Å². The van der Waals surface area contributed by atoms with Crippen molar-refractivity contribution >= 4 is 41.2 Å². The van der Waals surface area contributed by atoms with Crippen molar-refractivity contribution in [1.29, 1.82) is 0 Å². The van der Waals surface area contributed by atoms with Crippen LogP contribution in [0.15, 0.2) is 116 Å². The van der Waals surface area contributed by atoms with Gasteiger partial charge in [-0.3, -0.25) is 9.59 Å². The Morgan fingerprint density at radius 2 is 1.35 bits per heavy atom. The Morgan fingerprint density at radius 3 is 2.00 bits per heavy atom. The predicted octanol–water partition coefficient (Wildman–Crippen LogP) is 4.06. The number of ether oxygens (including phenoxy) is 3. The van der Waals surface area contributed by atoms with Crippen LogP contribution >= 0.6 is 0 Å². The van der Waals surface area contributed by atoms with Crippen LogP contribution in [0.3, 0.4) is 0 Å². The van der Waals surface area contributed by atoms with Crippen molar-refractivity contribution in [3.05, 3.63) is 127 Å². The van der Waals surface area contributed by atoms with Crippen LogP contribution in [0.2, 0.25) is 0 Å². The summed E-state index contributed by atoms with van der Waals surface area (Å²) in [5.41, 5.74) is 10.2. The Morgan fingerprint density at radius 1 is 0.691 bits per heavy atom. The summed E-state index contributed by atoms with van der Waals surface area (Å²) in [4.78, 5) is 33.9. The molecule has 0 aliphatic heterocycles. The van der Waals surface area contributed by atoms with Crippen LogP contribution in [-0.2, 0) is 14.1 Å². The first kappa shape index (κ1) is 40.4. The van der Waals surface area contributed by atoms with Gasteiger partial charge < -0.3 is 40.5 Å². The third kappa shape index (κ3) is 13.2. The SMILES string of the molecule is NCCOB(c1ccccc1)c1ccc(C(=O)NCCOCCOCCNC(=O)c2cccc(-c3cc(Nc4ccc(OC(F)(F)F)cc4)ncn3)c2)cc1. The Kier molecular flexibility index (Phi) is 15.1. The minimum atomic E-state index is -4.78. The molecule has 2 amide bonds. The van der Waals surface area contributed by atoms with Crippen LogP contribution in [0.4, 0.5) is 24.7 Å². The summed E-state index contributed by atoms with van der Waals surface area (Å²) in [6.07, 6.45) is -3.44. The van der Waals surface area contributed by atoms with Gasteiger partial charge in [0.2, 0.25) is 0 Å². The normalized spacial score (nSPS) is 11.1. The maximum absolute atomic E-state index is 12.8. The first-order chi connectivity index (χ1) is 26.7. The molecule has 0 radical (unpaired) electrons. The molecule has 0 spiro atoms. The van der Waals surface area contributed by atoms with E-state index < -0.39 is 6.36 Å². The van der Waals surface area contributed by atoms with Gasteiger partial charge in [-0.1, -0.05) is 54.6 Å². The van der Waals surface area contributed by atoms with Gasteiger partial charge in [0.05, 0.1) is 32.1 Å². The molecule has 55 heavy (non-hydrogen) atoms. The highest BCUT2D eigenvalue weighted by Gasteiger charge is 2.31. The Hall–Kier alpha value is -5.81. The summed E-state index contributed by atoms with van der Waals surface area (Å²) < 4.78 is 58.3. The standard InChI is InChI=1S/C39H40BF3N6O6/c41-39(42,43)55-34-15-13-33(14-16-34)49-36-26-35(47-27-48-36)29-5-4-6-30(25-29)38(51)46-19-22-53-24-23-52-21-18-45-37(50)28-9-11-32(12-10-28)40(54-20-17-44)31-7-2-1-3-8-31/h1-16,25-27H,17-24,44H2,(H,45,50)(H,46,51)(H,47,48,49). The number of carbonyl (C=O) groups is 2. The van der Waals surface area contributed by atoms with E-state index in [1.807, 2.05) is 42.5 Å². The molecule has 0 bridgehead atoms. The molecule has 16 heteroatoms. The van der Waals surface area contributed by atoms with E-state index >= 15 is 0 Å². The van der Waals surface area contributed by atoms with Crippen molar-refractivity contribution < 1.29 is 41.6 Å². The van der Waals surface area contributed by atoms with E-state index in [1.54, 1.807) is 42.5 Å². The van der Waals surface area contributed by atoms with Crippen molar-refractivity contribution in [2.75, 3.05) is 58.0 Å². The van der Waals surface area contributed by atoms with E-state index in [-0.39, 0.29) is 37.6 Å². The zero-order chi connectivity index (χ0) is 38.9. The molecule has 0 unspecified atom stereocenters. The number of benzene rings is 4. The number of nitrogens with zero attached hydrogens (tertiary/aromatic N) is 2. The van der Waals surface area contributed by atoms with Crippen LogP contribution in [-0.4, -0.2) is 87.7 Å². The molecule has 5 rings (SSSR count). The van der Waals surface area contributed by atoms with Crippen molar-refractivity contribution in [3.8, 4) is 17.0 Å². The molecule has 0 aliphatic carbocycles. The number of amides is 2. The van der Waals surface area contributed by atoms with Gasteiger partial charge in [0.25, 0.3) is 11.8 Å². The van der Waals surface area contributed by atoms with E-state index in [4.69, 9.17) is 19.9 Å². The summed E-state index contributed by atoms with van der Waals surface area (Å²) >= 11 is 0. The Balaban J connectivity index is 0.962. The quantitative estimate of drug-likeness (QED) is 0.0675. The van der Waals surface area contributed by atoms with Gasteiger partial charge >= 0.3 is 13.3 Å². The molecule has 4 aromatic carbocycles. The summed E-state index contributed by atoms with van der Waals surface area (Å²) in [6.45, 7) is 2.35. The maximum Gasteiger partial charge on any atom is 0.573 e. The molecule has 0 saturated heterocycles. The third-order valence-corrected chi connectivity index (χ3v) is 7.86. The fourth-order valence-electron chi connectivity index (χ4n) is 5.30. The number of hydrogen-bond acceptors (Lipinski definition) is 10. The largest absolute Gasteiger partial charge is 0.573 e. The second kappa shape index (κ2) is 20.6. The highest BCUT2D eigenvalue weighted by molar-refractivity contribution is 6.80. The van der Waals surface area contributed by atoms with Gasteiger partial charge in [0, 0.05) is 54.7 Å². The topological polar surface area (TPSA) is 159 Å². The third-order valence-electron chi connectivity index (χ3n) is 7.86. The average Bonchev–Trinajstić information content (AvgIpc) is 3.19. The van der Waals surface area contributed by atoms with Gasteiger partial charge in [-0.25, -0.2) is 9.97 Å². The fraction of sp³-hybridized carbons (Fsp3) is 0.231. The monoisotopic (exact) mass is 756 g/mol. The van der Waals surface area contributed by atoms with E-state index in [1.165, 1.54) is 30.6 Å². The molecule has 286 valence electrons. The lowest BCUT2D eigenvalue weighted by atomic mass is 9.55. The molecular formula is C39H40BF3N6O6. The number of carbonyl (C=O) groups excluding carboxylic acids is 2. The molecule has 1 heterocycles. The highest BCUT2D eigenvalue weighted by atomic mass is 19.4. The lowest BCUT2D eigenvalue weighted by Gasteiger charge is -2.15. The fourth-order valence-corrected chi connectivity index (χ4v) is 5.30. The molecular weight excluding hydrogens is 716 g/mol. The molecule has 5 aromatic rings. The van der Waals surface area contributed by atoms with Crippen molar-refractivity contribution in [2.45, 2.75) is 6.36 Å². The van der Waals surface area contributed by atoms with Gasteiger partial charge in [-0.05, 0) is 59.5 Å². The molecule has 0 saturated carbocycles. The second-order valence-electron chi connectivity index (χ2n) is 11.9. The minimum Gasteiger partial charge on any atom is -0.426 e. The van der Waals surface area contributed by atoms with Gasteiger partial charge in [-0.2, -0.15) is 0 Å². The minimum absolute atomic E-state index is 0.212. The Labute approximate surface area is 316 Å². The van der Waals surface area contributed by atoms with Crippen molar-refractivity contribution in [2.24, 2.45) is 5.73 Å². The Bertz CT molecular complexity index is 1960. The number of alkyl halides is 3. The molecule has 0 fully saturated rings. The number of anilines is 2. The summed E-state index contributed by atoms with van der Waals surface area (Å²) in [6, 6.07) is 30.9. The number of rotatable bonds is 20. The van der Waals surface area contributed by atoms with Crippen LogP contribution in [0.5, 0.6) is 5.75 Å². The molecule has 1 aromatic heterocycles. The number of aromatic nitrogens is 2. The van der Waals surface area contributed by atoms with Crippen LogP contribution in [0, 0.1) is 0 Å². The first-order valence-corrected chi connectivity index (χ1v) is 17.4. The smallest absolute Gasteiger partial charge is 0.426 e. The van der Waals surface area contributed by atoms with E-state index in [2.05, 4.69) is 30.7 Å². The summed E-state index contributed by atoms with van der Waals surface area (Å²) in [7, 11) is 0. The molecule has 5 N–H and O–H groups in total. The van der Waals surface area contributed by atoms with Gasteiger partial charge in [0.1, 0.15) is 17.9 Å². The molecule has 0 aliphatic rings. The summed E-state index contributed by atoms with van der Waals surface area (Å²) in [5, 5.41) is 8.67. The summed E-state index contributed by atoms with van der Waals surface area (Å²) in [5.74, 6) is -0.442. The van der Waals surface area contributed by atoms with E-state index in [0.717, 1.165) is 10.9 Å². The zero-order valence-corrected chi connectivity index (χ0v) is 29.8. The first-order valence-electron chi connectivity index (χ1n) is 17.4. The second-order valence-corrected chi connectivity index (χ2v) is 11.9. The lowest BCUT2D eigenvalue weighted by molar-refractivity contribution is -0.274. The molecule has 0 atom stereocenters. The van der Waals surface area contributed by atoms with Crippen LogP contribution < -0.4 is 37.3 Å². The highest BCUT2D eigenvalue weighted by Crippen LogP contribution is 2.26. The van der Waals surface area contributed by atoms with E-state index in [0.29, 0.717) is 73.4 Å². The number of halogens is 3. The molecule has 12 nitrogen and oxygen atoms in total. The van der Waals surface area contributed by atoms with Crippen molar-refractivity contribution in [1.82, 2.24) is 20.6 Å². The zero-order valence-electron chi connectivity index (χ0n) is 29.8. The van der Waals surface area contributed by atoms with Crippen LogP contribution in [0.25, 0.3) is 11.3 Å². The number of hydrogen-bond donors (Lipinski definition) is 4. The predicted molar refractivity (Wildman–Crippen MR) is 203 cm³/mol. The number of nitrogens with two attached hydrogens (primary N) is 1. The van der Waals surface area contributed by atoms with Crippen molar-refractivity contribution in [3.63, 3.8) is 0 Å². The van der Waals surface area contributed by atoms with Gasteiger partial charge in [-0.15, -0.1) is 13.2 Å². The lowest BCUT2D eigenvalue weighted by Crippen LogP contribution is -2.45.